The van der Waals surface area contributed by atoms with Gasteiger partial charge in [-0.1, -0.05) is 29.8 Å². The van der Waals surface area contributed by atoms with E-state index in [-0.39, 0.29) is 6.10 Å². The predicted octanol–water partition coefficient (Wildman–Crippen LogP) is 3.91. The molecule has 6 heteroatoms. The van der Waals surface area contributed by atoms with Crippen molar-refractivity contribution in [2.45, 2.75) is 43.5 Å². The van der Waals surface area contributed by atoms with Crippen LogP contribution in [0.2, 0.25) is 0 Å². The second-order valence-electron chi connectivity index (χ2n) is 6.92. The van der Waals surface area contributed by atoms with E-state index in [2.05, 4.69) is 0 Å². The van der Waals surface area contributed by atoms with Gasteiger partial charge >= 0.3 is 0 Å². The van der Waals surface area contributed by atoms with Gasteiger partial charge in [-0.3, -0.25) is 0 Å². The summed E-state index contributed by atoms with van der Waals surface area (Å²) in [6.07, 6.45) is -0.241. The van der Waals surface area contributed by atoms with Crippen molar-refractivity contribution in [1.29, 1.82) is 0 Å². The minimum atomic E-state index is -3.53. The highest BCUT2D eigenvalue weighted by Gasteiger charge is 2.43. The highest BCUT2D eigenvalue weighted by Crippen LogP contribution is 2.36. The van der Waals surface area contributed by atoms with Gasteiger partial charge in [-0.05, 0) is 45.4 Å². The van der Waals surface area contributed by atoms with Crippen molar-refractivity contribution < 1.29 is 13.2 Å². The molecule has 0 spiro atoms. The minimum absolute atomic E-state index is 0.241. The average molecular weight is 366 g/mol. The van der Waals surface area contributed by atoms with E-state index in [4.69, 9.17) is 4.74 Å². The van der Waals surface area contributed by atoms with Crippen molar-refractivity contribution >= 4 is 21.4 Å². The molecular formula is C18H23NO3S2. The molecule has 24 heavy (non-hydrogen) atoms. The zero-order valence-corrected chi connectivity index (χ0v) is 16.1. The lowest BCUT2D eigenvalue weighted by Crippen LogP contribution is -2.55. The van der Waals surface area contributed by atoms with Gasteiger partial charge in [0, 0.05) is 11.4 Å². The van der Waals surface area contributed by atoms with Crippen molar-refractivity contribution in [3.05, 3.63) is 52.4 Å². The molecule has 2 aromatic rings. The lowest BCUT2D eigenvalue weighted by atomic mass is 10.0. The molecule has 0 saturated carbocycles. The quantitative estimate of drug-likeness (QED) is 0.828. The van der Waals surface area contributed by atoms with Crippen LogP contribution < -0.4 is 0 Å². The molecule has 2 heterocycles. The smallest absolute Gasteiger partial charge is 0.253 e. The summed E-state index contributed by atoms with van der Waals surface area (Å²) >= 11 is 1.32. The molecule has 0 N–H and O–H groups in total. The summed E-state index contributed by atoms with van der Waals surface area (Å²) in [6, 6.07) is 11.6. The summed E-state index contributed by atoms with van der Waals surface area (Å²) in [5, 5.41) is 0. The van der Waals surface area contributed by atoms with Gasteiger partial charge in [0.15, 0.2) is 0 Å². The number of rotatable bonds is 3. The van der Waals surface area contributed by atoms with Crippen LogP contribution in [-0.2, 0) is 14.8 Å². The first-order valence-corrected chi connectivity index (χ1v) is 10.2. The number of sulfonamides is 1. The van der Waals surface area contributed by atoms with E-state index in [0.717, 1.165) is 10.4 Å². The van der Waals surface area contributed by atoms with Crippen molar-refractivity contribution in [2.75, 3.05) is 13.2 Å². The van der Waals surface area contributed by atoms with Gasteiger partial charge < -0.3 is 4.74 Å². The molecule has 1 aromatic heterocycles. The van der Waals surface area contributed by atoms with E-state index in [1.165, 1.54) is 16.9 Å². The van der Waals surface area contributed by atoms with Gasteiger partial charge in [-0.2, -0.15) is 4.31 Å². The van der Waals surface area contributed by atoms with Crippen LogP contribution in [0.1, 0.15) is 36.0 Å². The third kappa shape index (κ3) is 3.28. The van der Waals surface area contributed by atoms with Crippen LogP contribution in [0.15, 0.2) is 40.6 Å². The Hall–Kier alpha value is -1.21. The zero-order chi connectivity index (χ0) is 17.5. The van der Waals surface area contributed by atoms with Crippen molar-refractivity contribution in [3.63, 3.8) is 0 Å². The molecule has 1 atom stereocenters. The summed E-state index contributed by atoms with van der Waals surface area (Å²) in [5.41, 5.74) is 1.62. The second kappa shape index (κ2) is 6.26. The molecule has 0 bridgehead atoms. The molecule has 0 aliphatic carbocycles. The van der Waals surface area contributed by atoms with Gasteiger partial charge in [0.05, 0.1) is 18.2 Å². The van der Waals surface area contributed by atoms with Crippen LogP contribution in [-0.4, -0.2) is 31.4 Å². The van der Waals surface area contributed by atoms with Crippen LogP contribution >= 0.6 is 11.3 Å². The van der Waals surface area contributed by atoms with Gasteiger partial charge in [0.2, 0.25) is 0 Å². The lowest BCUT2D eigenvalue weighted by Gasteiger charge is -2.44. The Bertz CT molecular complexity index is 822. The highest BCUT2D eigenvalue weighted by molar-refractivity contribution is 7.91. The maximum atomic E-state index is 13.1. The van der Waals surface area contributed by atoms with Crippen LogP contribution in [0.5, 0.6) is 0 Å². The van der Waals surface area contributed by atoms with Gasteiger partial charge in [0.25, 0.3) is 10.0 Å². The first kappa shape index (κ1) is 17.6. The molecular weight excluding hydrogens is 342 g/mol. The fraction of sp³-hybridized carbons (Fsp3) is 0.444. The van der Waals surface area contributed by atoms with E-state index in [1.54, 1.807) is 10.4 Å². The van der Waals surface area contributed by atoms with Crippen molar-refractivity contribution in [1.82, 2.24) is 4.31 Å². The second-order valence-corrected chi connectivity index (χ2v) is 10.3. The first-order valence-electron chi connectivity index (χ1n) is 7.98. The molecule has 1 aromatic carbocycles. The van der Waals surface area contributed by atoms with E-state index < -0.39 is 15.6 Å². The number of ether oxygens (including phenoxy) is 1. The molecule has 3 rings (SSSR count). The molecule has 0 radical (unpaired) electrons. The minimum Gasteiger partial charge on any atom is -0.370 e. The summed E-state index contributed by atoms with van der Waals surface area (Å²) in [5.74, 6) is 0. The molecule has 0 amide bonds. The molecule has 1 fully saturated rings. The maximum Gasteiger partial charge on any atom is 0.253 e. The maximum absolute atomic E-state index is 13.1. The Kier molecular flexibility index (Phi) is 4.59. The Morgan fingerprint density at radius 1 is 1.12 bits per heavy atom. The Morgan fingerprint density at radius 2 is 1.79 bits per heavy atom. The summed E-state index contributed by atoms with van der Waals surface area (Å²) in [6.45, 7) is 8.48. The van der Waals surface area contributed by atoms with E-state index >= 15 is 0 Å². The first-order chi connectivity index (χ1) is 11.2. The van der Waals surface area contributed by atoms with Crippen LogP contribution in [0.3, 0.4) is 0 Å². The van der Waals surface area contributed by atoms with Crippen LogP contribution in [0, 0.1) is 13.8 Å². The standard InChI is InChI=1S/C18H23NO3S2/c1-13-5-8-15(9-6-13)16-11-19(18(3,4)12-22-16)24(20,21)17-10-7-14(2)23-17/h5-10,16H,11-12H2,1-4H3. The van der Waals surface area contributed by atoms with Gasteiger partial charge in [-0.25, -0.2) is 8.42 Å². The van der Waals surface area contributed by atoms with Gasteiger partial charge in [-0.15, -0.1) is 11.3 Å². The summed E-state index contributed by atoms with van der Waals surface area (Å²) in [7, 11) is -3.53. The molecule has 1 saturated heterocycles. The monoisotopic (exact) mass is 365 g/mol. The number of nitrogens with zero attached hydrogens (tertiary/aromatic N) is 1. The topological polar surface area (TPSA) is 46.6 Å². The molecule has 4 nitrogen and oxygen atoms in total. The SMILES string of the molecule is Cc1ccc(C2CN(S(=O)(=O)c3ccc(C)s3)C(C)(C)CO2)cc1. The predicted molar refractivity (Wildman–Crippen MR) is 96.9 cm³/mol. The number of benzene rings is 1. The number of morpholine rings is 1. The third-order valence-electron chi connectivity index (χ3n) is 4.35. The molecule has 1 unspecified atom stereocenters. The number of thiophene rings is 1. The number of aryl methyl sites for hydroxylation is 2. The van der Waals surface area contributed by atoms with E-state index in [0.29, 0.717) is 17.4 Å². The fourth-order valence-corrected chi connectivity index (χ4v) is 6.06. The number of hydrogen-bond donors (Lipinski definition) is 0. The van der Waals surface area contributed by atoms with E-state index in [1.807, 2.05) is 58.0 Å². The largest absolute Gasteiger partial charge is 0.370 e. The Labute approximate surface area is 148 Å². The molecule has 1 aliphatic heterocycles. The molecule has 130 valence electrons. The third-order valence-corrected chi connectivity index (χ3v) is 7.90. The average Bonchev–Trinajstić information content (AvgIpc) is 2.95. The van der Waals surface area contributed by atoms with E-state index in [9.17, 15) is 8.42 Å². The highest BCUT2D eigenvalue weighted by atomic mass is 32.2. The number of hydrogen-bond acceptors (Lipinski definition) is 4. The Balaban J connectivity index is 1.93. The van der Waals surface area contributed by atoms with Gasteiger partial charge in [0.1, 0.15) is 4.21 Å². The van der Waals surface area contributed by atoms with Crippen LogP contribution in [0.25, 0.3) is 0 Å². The summed E-state index contributed by atoms with van der Waals surface area (Å²) < 4.78 is 34.2. The summed E-state index contributed by atoms with van der Waals surface area (Å²) in [4.78, 5) is 0.995. The zero-order valence-electron chi connectivity index (χ0n) is 14.4. The Morgan fingerprint density at radius 3 is 2.38 bits per heavy atom. The fourth-order valence-electron chi connectivity index (χ4n) is 2.89. The molecule has 1 aliphatic rings. The van der Waals surface area contributed by atoms with Crippen LogP contribution in [0.4, 0.5) is 0 Å². The lowest BCUT2D eigenvalue weighted by molar-refractivity contribution is -0.0654. The normalized spacial score (nSPS) is 21.8. The van der Waals surface area contributed by atoms with Crippen molar-refractivity contribution in [2.24, 2.45) is 0 Å². The van der Waals surface area contributed by atoms with Crippen molar-refractivity contribution in [3.8, 4) is 0 Å².